The first-order chi connectivity index (χ1) is 8.06. The van der Waals surface area contributed by atoms with Crippen molar-refractivity contribution in [2.24, 2.45) is 5.73 Å². The van der Waals surface area contributed by atoms with Gasteiger partial charge in [-0.3, -0.25) is 18.7 Å². The predicted octanol–water partition coefficient (Wildman–Crippen LogP) is -0.146. The number of carbonyl (C=O) groups excluding carboxylic acids is 1. The molecule has 1 aromatic rings. The number of primary amides is 1. The van der Waals surface area contributed by atoms with E-state index >= 15 is 0 Å². The van der Waals surface area contributed by atoms with Crippen LogP contribution in [0.15, 0.2) is 15.8 Å². The van der Waals surface area contributed by atoms with Crippen LogP contribution in [-0.4, -0.2) is 15.0 Å². The molecule has 1 aromatic heterocycles. The molecule has 0 unspecified atom stereocenters. The second kappa shape index (κ2) is 4.20. The van der Waals surface area contributed by atoms with E-state index in [1.807, 2.05) is 6.92 Å². The zero-order valence-electron chi connectivity index (χ0n) is 9.68. The molecule has 1 aliphatic rings. The standard InChI is InChI=1S/C11H15N3O3/c1-2-5-13-10(16)8(9(12)15)6-14(11(13)17)7-3-4-7/h6-7H,2-5H2,1H3,(H2,12,15). The van der Waals surface area contributed by atoms with Crippen molar-refractivity contribution in [3.63, 3.8) is 0 Å². The van der Waals surface area contributed by atoms with E-state index in [9.17, 15) is 14.4 Å². The summed E-state index contributed by atoms with van der Waals surface area (Å²) in [6.07, 6.45) is 3.77. The van der Waals surface area contributed by atoms with Crippen molar-refractivity contribution in [3.05, 3.63) is 32.6 Å². The Balaban J connectivity index is 2.67. The van der Waals surface area contributed by atoms with Crippen LogP contribution in [0.5, 0.6) is 0 Å². The van der Waals surface area contributed by atoms with Gasteiger partial charge in [-0.1, -0.05) is 6.92 Å². The van der Waals surface area contributed by atoms with E-state index in [0.29, 0.717) is 13.0 Å². The Hall–Kier alpha value is -1.85. The molecule has 0 saturated heterocycles. The Morgan fingerprint density at radius 3 is 2.59 bits per heavy atom. The van der Waals surface area contributed by atoms with Gasteiger partial charge in [-0.05, 0) is 19.3 Å². The third-order valence-corrected chi connectivity index (χ3v) is 2.85. The summed E-state index contributed by atoms with van der Waals surface area (Å²) < 4.78 is 2.55. The molecule has 0 radical (unpaired) electrons. The Bertz CT molecular complexity index is 566. The third kappa shape index (κ3) is 2.02. The number of amides is 1. The van der Waals surface area contributed by atoms with Crippen LogP contribution in [0, 0.1) is 0 Å². The molecule has 0 bridgehead atoms. The minimum absolute atomic E-state index is 0.107. The lowest BCUT2D eigenvalue weighted by Gasteiger charge is -2.10. The van der Waals surface area contributed by atoms with Crippen LogP contribution in [0.4, 0.5) is 0 Å². The molecular weight excluding hydrogens is 222 g/mol. The zero-order chi connectivity index (χ0) is 12.6. The summed E-state index contributed by atoms with van der Waals surface area (Å²) in [7, 11) is 0. The molecule has 0 atom stereocenters. The first-order valence-corrected chi connectivity index (χ1v) is 5.72. The first kappa shape index (κ1) is 11.6. The number of hydrogen-bond donors (Lipinski definition) is 1. The minimum atomic E-state index is -0.783. The third-order valence-electron chi connectivity index (χ3n) is 2.85. The Morgan fingerprint density at radius 1 is 1.47 bits per heavy atom. The molecule has 6 heteroatoms. The van der Waals surface area contributed by atoms with Gasteiger partial charge in [-0.15, -0.1) is 0 Å². The van der Waals surface area contributed by atoms with Crippen molar-refractivity contribution in [3.8, 4) is 0 Å². The van der Waals surface area contributed by atoms with E-state index in [1.54, 1.807) is 0 Å². The lowest BCUT2D eigenvalue weighted by Crippen LogP contribution is -2.43. The average Bonchev–Trinajstić information content (AvgIpc) is 3.07. The molecule has 1 amide bonds. The molecule has 2 N–H and O–H groups in total. The average molecular weight is 237 g/mol. The van der Waals surface area contributed by atoms with Gasteiger partial charge < -0.3 is 5.73 Å². The van der Waals surface area contributed by atoms with Gasteiger partial charge in [0.2, 0.25) is 0 Å². The van der Waals surface area contributed by atoms with Gasteiger partial charge in [0.15, 0.2) is 0 Å². The van der Waals surface area contributed by atoms with Crippen LogP contribution >= 0.6 is 0 Å². The van der Waals surface area contributed by atoms with E-state index in [2.05, 4.69) is 0 Å². The number of rotatable bonds is 4. The SMILES string of the molecule is CCCn1c(=O)c(C(N)=O)cn(C2CC2)c1=O. The van der Waals surface area contributed by atoms with Crippen molar-refractivity contribution in [1.82, 2.24) is 9.13 Å². The van der Waals surface area contributed by atoms with Crippen LogP contribution in [0.1, 0.15) is 42.6 Å². The molecule has 0 aromatic carbocycles. The molecule has 1 aliphatic carbocycles. The normalized spacial score (nSPS) is 14.9. The summed E-state index contributed by atoms with van der Waals surface area (Å²) in [6.45, 7) is 2.18. The number of hydrogen-bond acceptors (Lipinski definition) is 3. The Labute approximate surface area is 97.7 Å². The first-order valence-electron chi connectivity index (χ1n) is 5.72. The summed E-state index contributed by atoms with van der Waals surface area (Å²) in [5.41, 5.74) is 4.12. The maximum Gasteiger partial charge on any atom is 0.331 e. The summed E-state index contributed by atoms with van der Waals surface area (Å²) in [5, 5.41) is 0. The largest absolute Gasteiger partial charge is 0.365 e. The maximum absolute atomic E-state index is 12.0. The summed E-state index contributed by atoms with van der Waals surface area (Å²) in [5.74, 6) is -0.783. The highest BCUT2D eigenvalue weighted by molar-refractivity contribution is 5.92. The topological polar surface area (TPSA) is 87.1 Å². The lowest BCUT2D eigenvalue weighted by atomic mass is 10.3. The summed E-state index contributed by atoms with van der Waals surface area (Å²) >= 11 is 0. The van der Waals surface area contributed by atoms with E-state index in [4.69, 9.17) is 5.73 Å². The summed E-state index contributed by atoms with van der Waals surface area (Å²) in [6, 6.07) is 0.115. The fraction of sp³-hybridized carbons (Fsp3) is 0.545. The van der Waals surface area contributed by atoms with Gasteiger partial charge in [-0.25, -0.2) is 4.79 Å². The zero-order valence-corrected chi connectivity index (χ0v) is 9.68. The molecule has 6 nitrogen and oxygen atoms in total. The van der Waals surface area contributed by atoms with Gasteiger partial charge >= 0.3 is 5.69 Å². The molecule has 1 saturated carbocycles. The minimum Gasteiger partial charge on any atom is -0.365 e. The van der Waals surface area contributed by atoms with Crippen molar-refractivity contribution in [2.75, 3.05) is 0 Å². The smallest absolute Gasteiger partial charge is 0.331 e. The molecule has 17 heavy (non-hydrogen) atoms. The molecule has 92 valence electrons. The lowest BCUT2D eigenvalue weighted by molar-refractivity contribution is 0.0997. The second-order valence-corrected chi connectivity index (χ2v) is 4.28. The monoisotopic (exact) mass is 237 g/mol. The number of nitrogens with two attached hydrogens (primary N) is 1. The van der Waals surface area contributed by atoms with E-state index in [1.165, 1.54) is 10.8 Å². The number of aromatic nitrogens is 2. The van der Waals surface area contributed by atoms with Crippen molar-refractivity contribution >= 4 is 5.91 Å². The van der Waals surface area contributed by atoms with Crippen LogP contribution in [0.3, 0.4) is 0 Å². The number of carbonyl (C=O) groups is 1. The van der Waals surface area contributed by atoms with E-state index in [0.717, 1.165) is 17.4 Å². The van der Waals surface area contributed by atoms with Crippen molar-refractivity contribution in [2.45, 2.75) is 38.8 Å². The second-order valence-electron chi connectivity index (χ2n) is 4.28. The molecule has 0 spiro atoms. The fourth-order valence-corrected chi connectivity index (χ4v) is 1.83. The highest BCUT2D eigenvalue weighted by atomic mass is 16.2. The molecule has 2 rings (SSSR count). The quantitative estimate of drug-likeness (QED) is 0.790. The maximum atomic E-state index is 12.0. The highest BCUT2D eigenvalue weighted by Gasteiger charge is 2.27. The van der Waals surface area contributed by atoms with Crippen molar-refractivity contribution in [1.29, 1.82) is 0 Å². The van der Waals surface area contributed by atoms with Crippen LogP contribution in [0.2, 0.25) is 0 Å². The molecular formula is C11H15N3O3. The fourth-order valence-electron chi connectivity index (χ4n) is 1.83. The molecule has 0 aliphatic heterocycles. The highest BCUT2D eigenvalue weighted by Crippen LogP contribution is 2.33. The van der Waals surface area contributed by atoms with Crippen LogP contribution in [-0.2, 0) is 6.54 Å². The van der Waals surface area contributed by atoms with Gasteiger partial charge in [0.25, 0.3) is 11.5 Å². The number of nitrogens with zero attached hydrogens (tertiary/aromatic N) is 2. The van der Waals surface area contributed by atoms with Gasteiger partial charge in [-0.2, -0.15) is 0 Å². The van der Waals surface area contributed by atoms with Crippen molar-refractivity contribution < 1.29 is 4.79 Å². The predicted molar refractivity (Wildman–Crippen MR) is 62.0 cm³/mol. The van der Waals surface area contributed by atoms with E-state index < -0.39 is 11.5 Å². The molecule has 1 fully saturated rings. The van der Waals surface area contributed by atoms with E-state index in [-0.39, 0.29) is 17.3 Å². The van der Waals surface area contributed by atoms with Gasteiger partial charge in [0.05, 0.1) is 0 Å². The Morgan fingerprint density at radius 2 is 2.12 bits per heavy atom. The van der Waals surface area contributed by atoms with Crippen LogP contribution < -0.4 is 17.0 Å². The van der Waals surface area contributed by atoms with Gasteiger partial charge in [0.1, 0.15) is 5.56 Å². The van der Waals surface area contributed by atoms with Gasteiger partial charge in [0, 0.05) is 18.8 Å². The Kier molecular flexibility index (Phi) is 2.87. The summed E-state index contributed by atoms with van der Waals surface area (Å²) in [4.78, 5) is 35.1. The molecule has 1 heterocycles. The van der Waals surface area contributed by atoms with Crippen LogP contribution in [0.25, 0.3) is 0 Å².